The molecule has 4 rings (SSSR count). The number of halogens is 1. The lowest BCUT2D eigenvalue weighted by molar-refractivity contribution is -0.124. The summed E-state index contributed by atoms with van der Waals surface area (Å²) in [4.78, 5) is 46.0. The first kappa shape index (κ1) is 21.5. The Hall–Kier alpha value is -3.71. The highest BCUT2D eigenvalue weighted by Gasteiger charge is 2.46. The van der Waals surface area contributed by atoms with Gasteiger partial charge in [0.1, 0.15) is 6.04 Å². The molecule has 1 aromatic heterocycles. The van der Waals surface area contributed by atoms with Gasteiger partial charge >= 0.3 is 6.03 Å². The summed E-state index contributed by atoms with van der Waals surface area (Å²) in [6.45, 7) is 2.05. The second kappa shape index (κ2) is 9.20. The molecule has 3 aromatic rings. The Balaban J connectivity index is 1.60. The van der Waals surface area contributed by atoms with Crippen LogP contribution < -0.4 is 10.2 Å². The predicted molar refractivity (Wildman–Crippen MR) is 122 cm³/mol. The van der Waals surface area contributed by atoms with Gasteiger partial charge in [0.25, 0.3) is 5.91 Å². The number of pyridine rings is 1. The molecule has 0 bridgehead atoms. The van der Waals surface area contributed by atoms with Crippen LogP contribution in [0.25, 0.3) is 0 Å². The predicted octanol–water partition coefficient (Wildman–Crippen LogP) is 4.41. The molecule has 1 saturated heterocycles. The molecule has 2 aromatic carbocycles. The van der Waals surface area contributed by atoms with Crippen LogP contribution in [0.15, 0.2) is 73.1 Å². The number of imide groups is 1. The van der Waals surface area contributed by atoms with Crippen molar-refractivity contribution in [3.63, 3.8) is 0 Å². The van der Waals surface area contributed by atoms with Crippen molar-refractivity contribution < 1.29 is 14.4 Å². The summed E-state index contributed by atoms with van der Waals surface area (Å²) < 4.78 is 0. The number of rotatable bonds is 6. The largest absolute Gasteiger partial charge is 0.332 e. The summed E-state index contributed by atoms with van der Waals surface area (Å²) in [5.74, 6) is -0.809. The molecule has 0 saturated carbocycles. The molecule has 1 fully saturated rings. The van der Waals surface area contributed by atoms with Crippen LogP contribution in [0.1, 0.15) is 17.5 Å². The van der Waals surface area contributed by atoms with Gasteiger partial charge in [0, 0.05) is 29.6 Å². The SMILES string of the molecule is Cc1cccc(N2C(=O)C(CC(=O)Nc3ccc(Cl)cc3)N(Cc3cccnc3)C2=O)c1. The van der Waals surface area contributed by atoms with Gasteiger partial charge in [-0.3, -0.25) is 14.6 Å². The second-order valence-electron chi connectivity index (χ2n) is 7.56. The highest BCUT2D eigenvalue weighted by atomic mass is 35.5. The Bertz CT molecular complexity index is 1150. The van der Waals surface area contributed by atoms with E-state index in [4.69, 9.17) is 11.6 Å². The molecule has 8 heteroatoms. The quantitative estimate of drug-likeness (QED) is 0.566. The molecule has 1 aliphatic rings. The fourth-order valence-corrected chi connectivity index (χ4v) is 3.75. The molecule has 1 atom stereocenters. The van der Waals surface area contributed by atoms with E-state index < -0.39 is 18.0 Å². The molecule has 1 unspecified atom stereocenters. The maximum atomic E-state index is 13.3. The molecule has 162 valence electrons. The van der Waals surface area contributed by atoms with Crippen molar-refractivity contribution >= 4 is 40.8 Å². The lowest BCUT2D eigenvalue weighted by Gasteiger charge is -2.21. The monoisotopic (exact) mass is 448 g/mol. The molecule has 7 nitrogen and oxygen atoms in total. The van der Waals surface area contributed by atoms with E-state index in [1.807, 2.05) is 19.1 Å². The van der Waals surface area contributed by atoms with Crippen LogP contribution in [0, 0.1) is 6.92 Å². The summed E-state index contributed by atoms with van der Waals surface area (Å²) in [7, 11) is 0. The van der Waals surface area contributed by atoms with Crippen LogP contribution in [-0.4, -0.2) is 33.8 Å². The van der Waals surface area contributed by atoms with Gasteiger partial charge in [-0.2, -0.15) is 0 Å². The summed E-state index contributed by atoms with van der Waals surface area (Å²) in [5, 5.41) is 3.31. The van der Waals surface area contributed by atoms with Gasteiger partial charge in [-0.15, -0.1) is 0 Å². The zero-order chi connectivity index (χ0) is 22.7. The second-order valence-corrected chi connectivity index (χ2v) is 8.00. The van der Waals surface area contributed by atoms with Gasteiger partial charge in [-0.05, 0) is 60.5 Å². The Morgan fingerprint density at radius 3 is 2.56 bits per heavy atom. The van der Waals surface area contributed by atoms with Gasteiger partial charge in [0.05, 0.1) is 12.1 Å². The molecule has 1 aliphatic heterocycles. The van der Waals surface area contributed by atoms with E-state index >= 15 is 0 Å². The Morgan fingerprint density at radius 1 is 1.09 bits per heavy atom. The highest BCUT2D eigenvalue weighted by molar-refractivity contribution is 6.30. The Morgan fingerprint density at radius 2 is 1.88 bits per heavy atom. The molecule has 32 heavy (non-hydrogen) atoms. The van der Waals surface area contributed by atoms with Crippen molar-refractivity contribution in [2.75, 3.05) is 10.2 Å². The number of aryl methyl sites for hydroxylation is 1. The number of hydrogen-bond acceptors (Lipinski definition) is 4. The molecule has 4 amide bonds. The Labute approximate surface area is 190 Å². The number of carbonyl (C=O) groups is 3. The maximum absolute atomic E-state index is 13.3. The van der Waals surface area contributed by atoms with Crippen molar-refractivity contribution in [1.29, 1.82) is 0 Å². The topological polar surface area (TPSA) is 82.6 Å². The van der Waals surface area contributed by atoms with Crippen LogP contribution in [0.4, 0.5) is 16.2 Å². The number of aromatic nitrogens is 1. The van der Waals surface area contributed by atoms with Gasteiger partial charge in [0.2, 0.25) is 5.91 Å². The normalized spacial score (nSPS) is 15.9. The number of urea groups is 1. The molecule has 0 radical (unpaired) electrons. The highest BCUT2D eigenvalue weighted by Crippen LogP contribution is 2.29. The van der Waals surface area contributed by atoms with Crippen molar-refractivity contribution in [1.82, 2.24) is 9.88 Å². The third-order valence-electron chi connectivity index (χ3n) is 5.16. The molecular formula is C24H21ClN4O3. The number of hydrogen-bond donors (Lipinski definition) is 1. The van der Waals surface area contributed by atoms with Crippen LogP contribution >= 0.6 is 11.6 Å². The number of nitrogens with one attached hydrogen (secondary N) is 1. The van der Waals surface area contributed by atoms with E-state index in [1.54, 1.807) is 60.9 Å². The van der Waals surface area contributed by atoms with E-state index in [9.17, 15) is 14.4 Å². The molecule has 0 spiro atoms. The van der Waals surface area contributed by atoms with E-state index in [0.717, 1.165) is 16.0 Å². The fourth-order valence-electron chi connectivity index (χ4n) is 3.63. The van der Waals surface area contributed by atoms with Crippen molar-refractivity contribution in [3.8, 4) is 0 Å². The van der Waals surface area contributed by atoms with E-state index in [1.165, 1.54) is 4.90 Å². The lowest BCUT2D eigenvalue weighted by Crippen LogP contribution is -2.37. The van der Waals surface area contributed by atoms with E-state index in [-0.39, 0.29) is 18.9 Å². The molecular weight excluding hydrogens is 428 g/mol. The fraction of sp³-hybridized carbons (Fsp3) is 0.167. The minimum atomic E-state index is -0.935. The van der Waals surface area contributed by atoms with Gasteiger partial charge in [-0.1, -0.05) is 29.8 Å². The summed E-state index contributed by atoms with van der Waals surface area (Å²) in [5.41, 5.74) is 2.73. The standard InChI is InChI=1S/C24H21ClN4O3/c1-16-4-2-6-20(12-16)29-23(31)21(13-22(30)27-19-9-7-18(25)8-10-19)28(24(29)32)15-17-5-3-11-26-14-17/h2-12,14,21H,13,15H2,1H3,(H,27,30). The lowest BCUT2D eigenvalue weighted by atomic mass is 10.1. The number of nitrogens with zero attached hydrogens (tertiary/aromatic N) is 3. The van der Waals surface area contributed by atoms with Crippen molar-refractivity contribution in [2.45, 2.75) is 25.9 Å². The van der Waals surface area contributed by atoms with Gasteiger partial charge < -0.3 is 10.2 Å². The van der Waals surface area contributed by atoms with Crippen molar-refractivity contribution in [3.05, 3.63) is 89.2 Å². The minimum Gasteiger partial charge on any atom is -0.326 e. The number of amides is 4. The first-order valence-corrected chi connectivity index (χ1v) is 10.5. The summed E-state index contributed by atoms with van der Waals surface area (Å²) in [6, 6.07) is 16.0. The molecule has 1 N–H and O–H groups in total. The first-order valence-electron chi connectivity index (χ1n) is 10.1. The van der Waals surface area contributed by atoms with Crippen LogP contribution in [0.3, 0.4) is 0 Å². The number of anilines is 2. The van der Waals surface area contributed by atoms with Crippen molar-refractivity contribution in [2.24, 2.45) is 0 Å². The maximum Gasteiger partial charge on any atom is 0.332 e. The van der Waals surface area contributed by atoms with Gasteiger partial charge in [0.15, 0.2) is 0 Å². The smallest absolute Gasteiger partial charge is 0.326 e. The van der Waals surface area contributed by atoms with E-state index in [0.29, 0.717) is 16.4 Å². The Kier molecular flexibility index (Phi) is 6.18. The van der Waals surface area contributed by atoms with Crippen LogP contribution in [-0.2, 0) is 16.1 Å². The van der Waals surface area contributed by atoms with Crippen LogP contribution in [0.2, 0.25) is 5.02 Å². The number of benzene rings is 2. The minimum absolute atomic E-state index is 0.166. The van der Waals surface area contributed by atoms with Crippen LogP contribution in [0.5, 0.6) is 0 Å². The average Bonchev–Trinajstić information content (AvgIpc) is 3.00. The summed E-state index contributed by atoms with van der Waals surface area (Å²) in [6.07, 6.45) is 3.10. The first-order chi connectivity index (χ1) is 15.4. The zero-order valence-electron chi connectivity index (χ0n) is 17.4. The molecule has 0 aliphatic carbocycles. The summed E-state index contributed by atoms with van der Waals surface area (Å²) >= 11 is 5.89. The zero-order valence-corrected chi connectivity index (χ0v) is 18.1. The average molecular weight is 449 g/mol. The third-order valence-corrected chi connectivity index (χ3v) is 5.41. The van der Waals surface area contributed by atoms with E-state index in [2.05, 4.69) is 10.3 Å². The third kappa shape index (κ3) is 4.63. The molecule has 2 heterocycles. The number of carbonyl (C=O) groups excluding carboxylic acids is 3. The van der Waals surface area contributed by atoms with Gasteiger partial charge in [-0.25, -0.2) is 9.69 Å².